The molecule has 1 fully saturated rings. The molecule has 5 heteroatoms. The number of ether oxygens (including phenoxy) is 1. The number of hydrogen-bond acceptors (Lipinski definition) is 4. The summed E-state index contributed by atoms with van der Waals surface area (Å²) in [6.45, 7) is 7.88. The van der Waals surface area contributed by atoms with Crippen LogP contribution in [0.15, 0.2) is 0 Å². The van der Waals surface area contributed by atoms with E-state index in [2.05, 4.69) is 10.2 Å². The normalized spacial score (nSPS) is 18.9. The molecule has 0 aromatic heterocycles. The first kappa shape index (κ1) is 14.4. The lowest BCUT2D eigenvalue weighted by Gasteiger charge is -2.26. The lowest BCUT2D eigenvalue weighted by atomic mass is 10.1. The molecule has 1 rings (SSSR count). The van der Waals surface area contributed by atoms with E-state index in [0.29, 0.717) is 6.54 Å². The maximum Gasteiger partial charge on any atom is 0.224 e. The zero-order chi connectivity index (χ0) is 12.5. The van der Waals surface area contributed by atoms with Crippen LogP contribution in [0.5, 0.6) is 0 Å². The van der Waals surface area contributed by atoms with Crippen molar-refractivity contribution in [3.8, 4) is 0 Å². The summed E-state index contributed by atoms with van der Waals surface area (Å²) in [5, 5.41) is 2.95. The average Bonchev–Trinajstić information content (AvgIpc) is 2.37. The predicted octanol–water partition coefficient (Wildman–Crippen LogP) is -0.190. The van der Waals surface area contributed by atoms with Crippen molar-refractivity contribution in [2.45, 2.75) is 19.8 Å². The largest absolute Gasteiger partial charge is 0.379 e. The lowest BCUT2D eigenvalue weighted by molar-refractivity contribution is -0.124. The van der Waals surface area contributed by atoms with Crippen LogP contribution < -0.4 is 11.1 Å². The maximum absolute atomic E-state index is 11.6. The summed E-state index contributed by atoms with van der Waals surface area (Å²) < 4.78 is 5.28. The van der Waals surface area contributed by atoms with Gasteiger partial charge in [0, 0.05) is 32.1 Å². The standard InChI is InChI=1S/C12H25N3O2/c1-2-11(10-13)12(16)14-4-3-5-15-6-8-17-9-7-15/h11H,2-10,13H2,1H3,(H,14,16). The minimum Gasteiger partial charge on any atom is -0.379 e. The minimum atomic E-state index is -0.0293. The van der Waals surface area contributed by atoms with E-state index in [4.69, 9.17) is 10.5 Å². The summed E-state index contributed by atoms with van der Waals surface area (Å²) in [7, 11) is 0. The van der Waals surface area contributed by atoms with Crippen molar-refractivity contribution in [2.75, 3.05) is 45.9 Å². The molecule has 1 heterocycles. The van der Waals surface area contributed by atoms with E-state index in [1.54, 1.807) is 0 Å². The highest BCUT2D eigenvalue weighted by atomic mass is 16.5. The van der Waals surface area contributed by atoms with Gasteiger partial charge in [0.25, 0.3) is 0 Å². The third kappa shape index (κ3) is 5.48. The molecule has 0 aromatic rings. The van der Waals surface area contributed by atoms with E-state index in [1.165, 1.54) is 0 Å². The van der Waals surface area contributed by atoms with Gasteiger partial charge in [0.15, 0.2) is 0 Å². The van der Waals surface area contributed by atoms with Gasteiger partial charge in [0.2, 0.25) is 5.91 Å². The molecule has 1 unspecified atom stereocenters. The fourth-order valence-corrected chi connectivity index (χ4v) is 1.94. The van der Waals surface area contributed by atoms with Crippen LogP contribution in [0.1, 0.15) is 19.8 Å². The molecular weight excluding hydrogens is 218 g/mol. The molecule has 5 nitrogen and oxygen atoms in total. The van der Waals surface area contributed by atoms with Crippen LogP contribution in [0.2, 0.25) is 0 Å². The summed E-state index contributed by atoms with van der Waals surface area (Å²) in [6, 6.07) is 0. The number of nitrogens with one attached hydrogen (secondary N) is 1. The molecule has 100 valence electrons. The van der Waals surface area contributed by atoms with Crippen LogP contribution in [-0.4, -0.2) is 56.7 Å². The summed E-state index contributed by atoms with van der Waals surface area (Å²) >= 11 is 0. The summed E-state index contributed by atoms with van der Waals surface area (Å²) in [4.78, 5) is 14.0. The number of amides is 1. The van der Waals surface area contributed by atoms with Crippen LogP contribution in [-0.2, 0) is 9.53 Å². The Labute approximate surface area is 104 Å². The number of nitrogens with two attached hydrogens (primary N) is 1. The van der Waals surface area contributed by atoms with Gasteiger partial charge < -0.3 is 15.8 Å². The number of carbonyl (C=O) groups excluding carboxylic acids is 1. The van der Waals surface area contributed by atoms with Crippen molar-refractivity contribution in [3.63, 3.8) is 0 Å². The Morgan fingerprint density at radius 2 is 2.18 bits per heavy atom. The van der Waals surface area contributed by atoms with Crippen LogP contribution in [0, 0.1) is 5.92 Å². The molecule has 0 bridgehead atoms. The Kier molecular flexibility index (Phi) is 7.16. The average molecular weight is 243 g/mol. The van der Waals surface area contributed by atoms with Crippen molar-refractivity contribution in [3.05, 3.63) is 0 Å². The van der Waals surface area contributed by atoms with Crippen molar-refractivity contribution in [1.82, 2.24) is 10.2 Å². The first-order valence-electron chi connectivity index (χ1n) is 6.55. The van der Waals surface area contributed by atoms with Gasteiger partial charge in [0.05, 0.1) is 13.2 Å². The van der Waals surface area contributed by atoms with E-state index in [1.807, 2.05) is 6.92 Å². The van der Waals surface area contributed by atoms with Crippen LogP contribution in [0.25, 0.3) is 0 Å². The second kappa shape index (κ2) is 8.44. The SMILES string of the molecule is CCC(CN)C(=O)NCCCN1CCOCC1. The molecule has 0 radical (unpaired) electrons. The van der Waals surface area contributed by atoms with E-state index < -0.39 is 0 Å². The van der Waals surface area contributed by atoms with E-state index >= 15 is 0 Å². The van der Waals surface area contributed by atoms with Gasteiger partial charge in [-0.3, -0.25) is 9.69 Å². The summed E-state index contributed by atoms with van der Waals surface area (Å²) in [5.41, 5.74) is 5.52. The third-order valence-electron chi connectivity index (χ3n) is 3.20. The molecular formula is C12H25N3O2. The summed E-state index contributed by atoms with van der Waals surface area (Å²) in [5.74, 6) is 0.0652. The Balaban J connectivity index is 2.04. The molecule has 1 amide bonds. The van der Waals surface area contributed by atoms with Crippen LogP contribution in [0.4, 0.5) is 0 Å². The predicted molar refractivity (Wildman–Crippen MR) is 67.7 cm³/mol. The summed E-state index contributed by atoms with van der Waals surface area (Å²) in [6.07, 6.45) is 1.80. The maximum atomic E-state index is 11.6. The van der Waals surface area contributed by atoms with Crippen molar-refractivity contribution >= 4 is 5.91 Å². The Bertz CT molecular complexity index is 214. The highest BCUT2D eigenvalue weighted by molar-refractivity contribution is 5.78. The lowest BCUT2D eigenvalue weighted by Crippen LogP contribution is -2.39. The van der Waals surface area contributed by atoms with E-state index in [9.17, 15) is 4.79 Å². The number of carbonyl (C=O) groups is 1. The van der Waals surface area contributed by atoms with Gasteiger partial charge in [-0.2, -0.15) is 0 Å². The number of rotatable bonds is 7. The number of nitrogens with zero attached hydrogens (tertiary/aromatic N) is 1. The van der Waals surface area contributed by atoms with Gasteiger partial charge in [-0.1, -0.05) is 6.92 Å². The fraction of sp³-hybridized carbons (Fsp3) is 0.917. The Hall–Kier alpha value is -0.650. The minimum absolute atomic E-state index is 0.0293. The van der Waals surface area contributed by atoms with E-state index in [-0.39, 0.29) is 11.8 Å². The number of hydrogen-bond donors (Lipinski definition) is 2. The van der Waals surface area contributed by atoms with Crippen molar-refractivity contribution in [2.24, 2.45) is 11.7 Å². The molecule has 0 aromatic carbocycles. The second-order valence-corrected chi connectivity index (χ2v) is 4.44. The third-order valence-corrected chi connectivity index (χ3v) is 3.20. The monoisotopic (exact) mass is 243 g/mol. The molecule has 17 heavy (non-hydrogen) atoms. The molecule has 1 saturated heterocycles. The van der Waals surface area contributed by atoms with E-state index in [0.717, 1.165) is 52.2 Å². The zero-order valence-electron chi connectivity index (χ0n) is 10.8. The topological polar surface area (TPSA) is 67.6 Å². The fourth-order valence-electron chi connectivity index (χ4n) is 1.94. The van der Waals surface area contributed by atoms with Gasteiger partial charge in [-0.15, -0.1) is 0 Å². The van der Waals surface area contributed by atoms with Gasteiger partial charge in [-0.25, -0.2) is 0 Å². The first-order chi connectivity index (χ1) is 8.27. The Morgan fingerprint density at radius 1 is 1.47 bits per heavy atom. The van der Waals surface area contributed by atoms with Crippen LogP contribution >= 0.6 is 0 Å². The zero-order valence-corrected chi connectivity index (χ0v) is 10.8. The number of morpholine rings is 1. The van der Waals surface area contributed by atoms with Gasteiger partial charge >= 0.3 is 0 Å². The molecule has 1 aliphatic rings. The Morgan fingerprint density at radius 3 is 2.76 bits per heavy atom. The highest BCUT2D eigenvalue weighted by Crippen LogP contribution is 2.00. The molecule has 1 atom stereocenters. The molecule has 0 saturated carbocycles. The quantitative estimate of drug-likeness (QED) is 0.608. The van der Waals surface area contributed by atoms with Crippen molar-refractivity contribution in [1.29, 1.82) is 0 Å². The van der Waals surface area contributed by atoms with Gasteiger partial charge in [0.1, 0.15) is 0 Å². The van der Waals surface area contributed by atoms with Crippen LogP contribution in [0.3, 0.4) is 0 Å². The highest BCUT2D eigenvalue weighted by Gasteiger charge is 2.14. The molecule has 0 spiro atoms. The second-order valence-electron chi connectivity index (χ2n) is 4.44. The first-order valence-corrected chi connectivity index (χ1v) is 6.55. The van der Waals surface area contributed by atoms with Gasteiger partial charge in [-0.05, 0) is 19.4 Å². The molecule has 0 aliphatic carbocycles. The smallest absolute Gasteiger partial charge is 0.224 e. The molecule has 3 N–H and O–H groups in total. The van der Waals surface area contributed by atoms with Crippen molar-refractivity contribution < 1.29 is 9.53 Å². The molecule has 1 aliphatic heterocycles.